The summed E-state index contributed by atoms with van der Waals surface area (Å²) in [5, 5.41) is 9.45. The van der Waals surface area contributed by atoms with E-state index in [0.717, 1.165) is 25.9 Å². The van der Waals surface area contributed by atoms with E-state index >= 15 is 0 Å². The molecule has 0 bridgehead atoms. The van der Waals surface area contributed by atoms with Crippen molar-refractivity contribution < 1.29 is 19.3 Å². The van der Waals surface area contributed by atoms with Crippen LogP contribution < -0.4 is 0 Å². The zero-order valence-corrected chi connectivity index (χ0v) is 8.94. The van der Waals surface area contributed by atoms with Gasteiger partial charge in [-0.15, -0.1) is 0 Å². The largest absolute Gasteiger partial charge is 0.366 e. The summed E-state index contributed by atoms with van der Waals surface area (Å²) < 4.78 is 15.9. The van der Waals surface area contributed by atoms with Crippen molar-refractivity contribution in [3.63, 3.8) is 0 Å². The predicted octanol–water partition coefficient (Wildman–Crippen LogP) is 1.27. The van der Waals surface area contributed by atoms with Crippen LogP contribution in [0.15, 0.2) is 0 Å². The lowest BCUT2D eigenvalue weighted by Crippen LogP contribution is -2.35. The van der Waals surface area contributed by atoms with Crippen molar-refractivity contribution in [1.82, 2.24) is 0 Å². The molecule has 1 saturated heterocycles. The summed E-state index contributed by atoms with van der Waals surface area (Å²) >= 11 is 0. The third-order valence-corrected chi connectivity index (χ3v) is 2.24. The quantitative estimate of drug-likeness (QED) is 0.685. The van der Waals surface area contributed by atoms with Crippen molar-refractivity contribution >= 4 is 0 Å². The van der Waals surface area contributed by atoms with Crippen LogP contribution in [0, 0.1) is 0 Å². The van der Waals surface area contributed by atoms with Gasteiger partial charge < -0.3 is 19.3 Å². The smallest absolute Gasteiger partial charge is 0.180 e. The highest BCUT2D eigenvalue weighted by Gasteiger charge is 2.21. The molecule has 0 aromatic carbocycles. The molecule has 84 valence electrons. The Morgan fingerprint density at radius 3 is 2.86 bits per heavy atom. The predicted molar refractivity (Wildman–Crippen MR) is 51.8 cm³/mol. The minimum atomic E-state index is -0.856. The lowest BCUT2D eigenvalue weighted by atomic mass is 10.2. The molecule has 3 unspecified atom stereocenters. The van der Waals surface area contributed by atoms with Gasteiger partial charge in [0.2, 0.25) is 0 Å². The molecule has 0 radical (unpaired) electrons. The van der Waals surface area contributed by atoms with Gasteiger partial charge in [-0.05, 0) is 33.1 Å². The molecule has 1 aliphatic heterocycles. The van der Waals surface area contributed by atoms with Gasteiger partial charge in [-0.3, -0.25) is 0 Å². The van der Waals surface area contributed by atoms with E-state index in [1.165, 1.54) is 0 Å². The Bertz CT molecular complexity index is 145. The van der Waals surface area contributed by atoms with Gasteiger partial charge in [-0.1, -0.05) is 0 Å². The molecule has 0 saturated carbocycles. The molecular weight excluding hydrogens is 184 g/mol. The van der Waals surface area contributed by atoms with E-state index in [2.05, 4.69) is 0 Å². The van der Waals surface area contributed by atoms with E-state index in [9.17, 15) is 5.11 Å². The fraction of sp³-hybridized carbons (Fsp3) is 1.00. The standard InChI is InChI=1S/C10H20O4/c1-3-12-10(11)8(2)14-9-6-4-5-7-13-9/h8-11H,3-7H2,1-2H3. The summed E-state index contributed by atoms with van der Waals surface area (Å²) in [4.78, 5) is 0. The first-order valence-electron chi connectivity index (χ1n) is 5.30. The minimum Gasteiger partial charge on any atom is -0.366 e. The topological polar surface area (TPSA) is 47.9 Å². The van der Waals surface area contributed by atoms with E-state index in [1.54, 1.807) is 6.92 Å². The first kappa shape index (κ1) is 11.9. The third-order valence-electron chi connectivity index (χ3n) is 2.24. The average Bonchev–Trinajstić information content (AvgIpc) is 2.19. The van der Waals surface area contributed by atoms with Crippen LogP contribution in [-0.4, -0.2) is 37.0 Å². The van der Waals surface area contributed by atoms with Crippen molar-refractivity contribution in [2.24, 2.45) is 0 Å². The lowest BCUT2D eigenvalue weighted by molar-refractivity contribution is -0.243. The maximum atomic E-state index is 9.45. The molecule has 0 aromatic rings. The molecule has 3 atom stereocenters. The molecule has 4 nitrogen and oxygen atoms in total. The highest BCUT2D eigenvalue weighted by Crippen LogP contribution is 2.16. The van der Waals surface area contributed by atoms with Crippen molar-refractivity contribution in [1.29, 1.82) is 0 Å². The van der Waals surface area contributed by atoms with Gasteiger partial charge in [-0.25, -0.2) is 0 Å². The number of ether oxygens (including phenoxy) is 3. The second kappa shape index (κ2) is 6.35. The molecule has 0 aromatic heterocycles. The second-order valence-corrected chi connectivity index (χ2v) is 3.48. The molecule has 4 heteroatoms. The van der Waals surface area contributed by atoms with Crippen LogP contribution in [0.25, 0.3) is 0 Å². The summed E-state index contributed by atoms with van der Waals surface area (Å²) in [7, 11) is 0. The van der Waals surface area contributed by atoms with Crippen molar-refractivity contribution in [2.45, 2.75) is 51.8 Å². The molecule has 1 aliphatic rings. The van der Waals surface area contributed by atoms with Gasteiger partial charge in [0, 0.05) is 13.2 Å². The molecule has 0 amide bonds. The van der Waals surface area contributed by atoms with Crippen molar-refractivity contribution in [2.75, 3.05) is 13.2 Å². The Labute approximate surface area is 85.2 Å². The monoisotopic (exact) mass is 204 g/mol. The highest BCUT2D eigenvalue weighted by atomic mass is 16.7. The van der Waals surface area contributed by atoms with Crippen LogP contribution in [0.4, 0.5) is 0 Å². The Morgan fingerprint density at radius 1 is 1.50 bits per heavy atom. The fourth-order valence-electron chi connectivity index (χ4n) is 1.43. The molecule has 1 heterocycles. The zero-order valence-electron chi connectivity index (χ0n) is 8.94. The molecule has 14 heavy (non-hydrogen) atoms. The Hall–Kier alpha value is -0.160. The van der Waals surface area contributed by atoms with Gasteiger partial charge in [0.1, 0.15) is 6.10 Å². The van der Waals surface area contributed by atoms with E-state index in [4.69, 9.17) is 14.2 Å². The molecule has 1 fully saturated rings. The minimum absolute atomic E-state index is 0.172. The summed E-state index contributed by atoms with van der Waals surface area (Å²) in [5.41, 5.74) is 0. The number of aliphatic hydroxyl groups is 1. The van der Waals surface area contributed by atoms with Crippen LogP contribution in [0.5, 0.6) is 0 Å². The van der Waals surface area contributed by atoms with Crippen LogP contribution in [0.2, 0.25) is 0 Å². The van der Waals surface area contributed by atoms with Gasteiger partial charge in [0.25, 0.3) is 0 Å². The molecule has 1 rings (SSSR count). The lowest BCUT2D eigenvalue weighted by Gasteiger charge is -2.27. The van der Waals surface area contributed by atoms with E-state index < -0.39 is 6.29 Å². The molecule has 0 spiro atoms. The number of hydrogen-bond donors (Lipinski definition) is 1. The summed E-state index contributed by atoms with van der Waals surface area (Å²) in [6.45, 7) is 4.87. The van der Waals surface area contributed by atoms with Crippen LogP contribution in [-0.2, 0) is 14.2 Å². The molecule has 0 aliphatic carbocycles. The summed E-state index contributed by atoms with van der Waals surface area (Å²) in [5.74, 6) is 0. The molecular formula is C10H20O4. The number of aliphatic hydroxyl groups excluding tert-OH is 1. The zero-order chi connectivity index (χ0) is 10.4. The Morgan fingerprint density at radius 2 is 2.29 bits per heavy atom. The van der Waals surface area contributed by atoms with E-state index in [0.29, 0.717) is 6.61 Å². The van der Waals surface area contributed by atoms with Gasteiger partial charge in [0.05, 0.1) is 0 Å². The second-order valence-electron chi connectivity index (χ2n) is 3.48. The number of rotatable bonds is 5. The van der Waals surface area contributed by atoms with Crippen molar-refractivity contribution in [3.8, 4) is 0 Å². The van der Waals surface area contributed by atoms with E-state index in [1.807, 2.05) is 6.92 Å². The first-order chi connectivity index (χ1) is 6.74. The van der Waals surface area contributed by atoms with Crippen LogP contribution >= 0.6 is 0 Å². The van der Waals surface area contributed by atoms with E-state index in [-0.39, 0.29) is 12.4 Å². The maximum Gasteiger partial charge on any atom is 0.180 e. The fourth-order valence-corrected chi connectivity index (χ4v) is 1.43. The normalized spacial score (nSPS) is 27.2. The summed E-state index contributed by atoms with van der Waals surface area (Å²) in [6, 6.07) is 0. The van der Waals surface area contributed by atoms with Crippen LogP contribution in [0.3, 0.4) is 0 Å². The van der Waals surface area contributed by atoms with Gasteiger partial charge >= 0.3 is 0 Å². The Kier molecular flexibility index (Phi) is 5.40. The van der Waals surface area contributed by atoms with Gasteiger partial charge in [-0.2, -0.15) is 0 Å². The average molecular weight is 204 g/mol. The van der Waals surface area contributed by atoms with Crippen molar-refractivity contribution in [3.05, 3.63) is 0 Å². The maximum absolute atomic E-state index is 9.45. The Balaban J connectivity index is 2.20. The summed E-state index contributed by atoms with van der Waals surface area (Å²) in [6.07, 6.45) is 1.77. The third kappa shape index (κ3) is 3.92. The highest BCUT2D eigenvalue weighted by molar-refractivity contribution is 4.59. The van der Waals surface area contributed by atoms with Gasteiger partial charge in [0.15, 0.2) is 12.6 Å². The van der Waals surface area contributed by atoms with Crippen LogP contribution in [0.1, 0.15) is 33.1 Å². The first-order valence-corrected chi connectivity index (χ1v) is 5.30. The SMILES string of the molecule is CCOC(O)C(C)OC1CCCCO1. The molecule has 1 N–H and O–H groups in total. The number of hydrogen-bond acceptors (Lipinski definition) is 4.